The molecule has 5 heteroatoms. The van der Waals surface area contributed by atoms with Gasteiger partial charge in [0.05, 0.1) is 0 Å². The van der Waals surface area contributed by atoms with E-state index in [0.29, 0.717) is 0 Å². The van der Waals surface area contributed by atoms with Crippen molar-refractivity contribution in [3.8, 4) is 11.8 Å². The smallest absolute Gasteiger partial charge is 0.300 e. The predicted molar refractivity (Wildman–Crippen MR) is 144 cm³/mol. The molecule has 0 radical (unpaired) electrons. The van der Waals surface area contributed by atoms with E-state index in [-0.39, 0.29) is 12.5 Å². The van der Waals surface area contributed by atoms with Gasteiger partial charge in [-0.25, -0.2) is 0 Å². The van der Waals surface area contributed by atoms with E-state index in [9.17, 15) is 9.59 Å². The van der Waals surface area contributed by atoms with Crippen molar-refractivity contribution in [2.75, 3.05) is 0 Å². The van der Waals surface area contributed by atoms with Crippen molar-refractivity contribution in [1.29, 1.82) is 0 Å². The van der Waals surface area contributed by atoms with Crippen molar-refractivity contribution in [3.63, 3.8) is 0 Å². The van der Waals surface area contributed by atoms with Gasteiger partial charge in [-0.15, -0.1) is 0 Å². The van der Waals surface area contributed by atoms with Gasteiger partial charge in [0, 0.05) is 47.7 Å². The van der Waals surface area contributed by atoms with E-state index < -0.39 is 17.5 Å². The van der Waals surface area contributed by atoms with Gasteiger partial charge >= 0.3 is 0 Å². The van der Waals surface area contributed by atoms with Crippen LogP contribution in [0.3, 0.4) is 0 Å². The molecule has 182 valence electrons. The maximum atomic E-state index is 13.7. The Morgan fingerprint density at radius 1 is 0.917 bits per heavy atom. The molecule has 1 unspecified atom stereocenters. The topological polar surface area (TPSA) is 54.3 Å². The lowest BCUT2D eigenvalue weighted by atomic mass is 10.0. The van der Waals surface area contributed by atoms with Crippen LogP contribution >= 0.6 is 0 Å². The number of aromatic nitrogens is 1. The van der Waals surface area contributed by atoms with Crippen molar-refractivity contribution in [3.05, 3.63) is 108 Å². The lowest BCUT2D eigenvalue weighted by Crippen LogP contribution is -2.48. The molecule has 0 aliphatic carbocycles. The van der Waals surface area contributed by atoms with Crippen molar-refractivity contribution >= 4 is 22.7 Å². The third-order valence-electron chi connectivity index (χ3n) is 5.84. The first-order valence-corrected chi connectivity index (χ1v) is 12.0. The predicted octanol–water partition coefficient (Wildman–Crippen LogP) is 5.21. The van der Waals surface area contributed by atoms with Crippen molar-refractivity contribution in [1.82, 2.24) is 14.8 Å². The highest BCUT2D eigenvalue weighted by atomic mass is 16.2. The van der Waals surface area contributed by atoms with Crippen LogP contribution in [-0.2, 0) is 23.2 Å². The molecular weight excluding hydrogens is 446 g/mol. The molecule has 2 amide bonds. The van der Waals surface area contributed by atoms with Crippen molar-refractivity contribution < 1.29 is 9.59 Å². The Hall–Kier alpha value is -4.30. The second-order valence-electron chi connectivity index (χ2n) is 9.88. The Kier molecular flexibility index (Phi) is 7.26. The molecular formula is C31H31N3O2. The summed E-state index contributed by atoms with van der Waals surface area (Å²) in [6.45, 7) is 6.03. The number of hydrogen-bond donors (Lipinski definition) is 1. The third kappa shape index (κ3) is 5.84. The Morgan fingerprint density at radius 3 is 2.19 bits per heavy atom. The molecule has 1 atom stereocenters. The van der Waals surface area contributed by atoms with Gasteiger partial charge in [0.15, 0.2) is 0 Å². The van der Waals surface area contributed by atoms with E-state index in [1.807, 2.05) is 124 Å². The molecule has 0 aliphatic heterocycles. The Bertz CT molecular complexity index is 1420. The summed E-state index contributed by atoms with van der Waals surface area (Å²) >= 11 is 0. The number of para-hydroxylation sites is 1. The fourth-order valence-corrected chi connectivity index (χ4v) is 4.28. The summed E-state index contributed by atoms with van der Waals surface area (Å²) in [5.74, 6) is 5.10. The average Bonchev–Trinajstić information content (AvgIpc) is 3.17. The molecule has 0 fully saturated rings. The van der Waals surface area contributed by atoms with Crippen LogP contribution in [0.15, 0.2) is 91.1 Å². The van der Waals surface area contributed by atoms with Gasteiger partial charge in [0.25, 0.3) is 5.91 Å². The minimum atomic E-state index is -0.845. The lowest BCUT2D eigenvalue weighted by molar-refractivity contribution is -0.138. The normalized spacial score (nSPS) is 11.9. The summed E-state index contributed by atoms with van der Waals surface area (Å²) in [7, 11) is 1.98. The van der Waals surface area contributed by atoms with Gasteiger partial charge in [-0.2, -0.15) is 0 Å². The molecule has 1 aromatic heterocycles. The number of rotatable bonds is 5. The number of nitrogens with zero attached hydrogens (tertiary/aromatic N) is 2. The first-order chi connectivity index (χ1) is 17.2. The molecule has 3 aromatic carbocycles. The summed E-state index contributed by atoms with van der Waals surface area (Å²) in [5, 5.41) is 4.11. The number of aryl methyl sites for hydroxylation is 1. The summed E-state index contributed by atoms with van der Waals surface area (Å²) in [6.07, 6.45) is 2.01. The zero-order valence-corrected chi connectivity index (χ0v) is 21.2. The second-order valence-corrected chi connectivity index (χ2v) is 9.88. The van der Waals surface area contributed by atoms with Crippen LogP contribution < -0.4 is 5.32 Å². The Balaban J connectivity index is 1.81. The first-order valence-electron chi connectivity index (χ1n) is 12.0. The van der Waals surface area contributed by atoms with Gasteiger partial charge in [-0.1, -0.05) is 72.7 Å². The molecule has 36 heavy (non-hydrogen) atoms. The van der Waals surface area contributed by atoms with Crippen LogP contribution in [0.4, 0.5) is 0 Å². The van der Waals surface area contributed by atoms with E-state index in [4.69, 9.17) is 0 Å². The largest absolute Gasteiger partial charge is 0.350 e. The average molecular weight is 478 g/mol. The number of fused-ring (bicyclic) bond motifs is 1. The molecule has 5 nitrogen and oxygen atoms in total. The molecule has 0 saturated heterocycles. The number of nitrogens with one attached hydrogen (secondary N) is 1. The fourth-order valence-electron chi connectivity index (χ4n) is 4.28. The molecule has 4 rings (SSSR count). The van der Waals surface area contributed by atoms with Crippen molar-refractivity contribution in [2.45, 2.75) is 38.9 Å². The minimum Gasteiger partial charge on any atom is -0.350 e. The molecule has 0 bridgehead atoms. The van der Waals surface area contributed by atoms with Gasteiger partial charge in [0.2, 0.25) is 5.91 Å². The Labute approximate surface area is 212 Å². The monoisotopic (exact) mass is 477 g/mol. The zero-order valence-electron chi connectivity index (χ0n) is 21.2. The highest BCUT2D eigenvalue weighted by Gasteiger charge is 2.33. The quantitative estimate of drug-likeness (QED) is 0.401. The second kappa shape index (κ2) is 10.5. The maximum Gasteiger partial charge on any atom is 0.300 e. The number of carbonyl (C=O) groups is 2. The van der Waals surface area contributed by atoms with E-state index >= 15 is 0 Å². The molecule has 4 aromatic rings. The van der Waals surface area contributed by atoms with Crippen LogP contribution in [0.1, 0.15) is 43.5 Å². The standard InChI is InChI=1S/C31H31N3O2/c1-31(2,3)32-30(36)29(24-15-9-6-10-16-24)34(28(35)20-19-23-13-7-5-8-14-23)22-25-21-33(4)27-18-12-11-17-26(25)27/h5-18,21,29H,22H2,1-4H3,(H,32,36). The molecule has 1 heterocycles. The van der Waals surface area contributed by atoms with Gasteiger partial charge in [-0.05, 0) is 50.1 Å². The fraction of sp³-hybridized carbons (Fsp3) is 0.226. The van der Waals surface area contributed by atoms with Crippen molar-refractivity contribution in [2.24, 2.45) is 7.05 Å². The van der Waals surface area contributed by atoms with Gasteiger partial charge < -0.3 is 14.8 Å². The summed E-state index contributed by atoms with van der Waals surface area (Å²) in [4.78, 5) is 29.0. The SMILES string of the molecule is Cn1cc(CN(C(=O)C#Cc2ccccc2)C(C(=O)NC(C)(C)C)c2ccccc2)c2ccccc21. The highest BCUT2D eigenvalue weighted by Crippen LogP contribution is 2.28. The summed E-state index contributed by atoms with van der Waals surface area (Å²) in [5.41, 5.74) is 3.02. The zero-order chi connectivity index (χ0) is 25.7. The van der Waals surface area contributed by atoms with Crippen LogP contribution in [0, 0.1) is 11.8 Å². The molecule has 0 aliphatic rings. The van der Waals surface area contributed by atoms with Crippen LogP contribution in [0.5, 0.6) is 0 Å². The molecule has 1 N–H and O–H groups in total. The third-order valence-corrected chi connectivity index (χ3v) is 5.84. The first kappa shape index (κ1) is 24.8. The van der Waals surface area contributed by atoms with Crippen LogP contribution in [-0.4, -0.2) is 26.8 Å². The van der Waals surface area contributed by atoms with E-state index in [1.165, 1.54) is 0 Å². The molecule has 0 spiro atoms. The molecule has 0 saturated carbocycles. The van der Waals surface area contributed by atoms with Gasteiger partial charge in [0.1, 0.15) is 6.04 Å². The van der Waals surface area contributed by atoms with E-state index in [0.717, 1.165) is 27.6 Å². The van der Waals surface area contributed by atoms with Crippen LogP contribution in [0.2, 0.25) is 0 Å². The summed E-state index contributed by atoms with van der Waals surface area (Å²) < 4.78 is 2.04. The maximum absolute atomic E-state index is 13.7. The van der Waals surface area contributed by atoms with Gasteiger partial charge in [-0.3, -0.25) is 9.59 Å². The Morgan fingerprint density at radius 2 is 1.53 bits per heavy atom. The van der Waals surface area contributed by atoms with E-state index in [1.54, 1.807) is 4.90 Å². The highest BCUT2D eigenvalue weighted by molar-refractivity contribution is 5.98. The minimum absolute atomic E-state index is 0.237. The number of carbonyl (C=O) groups excluding carboxylic acids is 2. The number of benzene rings is 3. The number of amides is 2. The summed E-state index contributed by atoms with van der Waals surface area (Å²) in [6, 6.07) is 26.0. The lowest BCUT2D eigenvalue weighted by Gasteiger charge is -2.32. The number of hydrogen-bond acceptors (Lipinski definition) is 2. The van der Waals surface area contributed by atoms with Crippen LogP contribution in [0.25, 0.3) is 10.9 Å². The van der Waals surface area contributed by atoms with E-state index in [2.05, 4.69) is 17.2 Å².